The fourth-order valence-electron chi connectivity index (χ4n) is 0.518. The van der Waals surface area contributed by atoms with Gasteiger partial charge in [0, 0.05) is 0 Å². The summed E-state index contributed by atoms with van der Waals surface area (Å²) in [5, 5.41) is 16.9. The van der Waals surface area contributed by atoms with E-state index in [1.807, 2.05) is 0 Å². The highest BCUT2D eigenvalue weighted by molar-refractivity contribution is 4.95. The zero-order chi connectivity index (χ0) is 8.15. The van der Waals surface area contributed by atoms with Gasteiger partial charge >= 0.3 is 0 Å². The van der Waals surface area contributed by atoms with Crippen LogP contribution in [0.5, 0.6) is 0 Å². The Balaban J connectivity index is 4.00. The molecule has 0 saturated heterocycles. The smallest absolute Gasteiger partial charge is 0.0957 e. The van der Waals surface area contributed by atoms with Crippen molar-refractivity contribution < 1.29 is 0 Å². The second-order valence-corrected chi connectivity index (χ2v) is 2.28. The van der Waals surface area contributed by atoms with Crippen molar-refractivity contribution >= 4 is 0 Å². The molecule has 3 nitrogen and oxygen atoms in total. The van der Waals surface area contributed by atoms with Gasteiger partial charge in [-0.2, -0.15) is 10.5 Å². The zero-order valence-electron chi connectivity index (χ0n) is 6.50. The number of hydrogen-bond donors (Lipinski definition) is 0. The van der Waals surface area contributed by atoms with Crippen LogP contribution >= 0.6 is 0 Å². The maximum Gasteiger partial charge on any atom is 0.0957 e. The van der Waals surface area contributed by atoms with Crippen molar-refractivity contribution in [3.05, 3.63) is 0 Å². The molecule has 0 aliphatic rings. The number of hydrogen-bond acceptors (Lipinski definition) is 3. The molecule has 3 heteroatoms. The summed E-state index contributed by atoms with van der Waals surface area (Å²) in [6, 6.07) is 3.74. The molecule has 54 valence electrons. The summed E-state index contributed by atoms with van der Waals surface area (Å²) in [5.74, 6) is 0. The van der Waals surface area contributed by atoms with Crippen LogP contribution in [-0.2, 0) is 0 Å². The second-order valence-electron chi connectivity index (χ2n) is 2.28. The Kier molecular flexibility index (Phi) is 3.46. The lowest BCUT2D eigenvalue weighted by atomic mass is 10.2. The summed E-state index contributed by atoms with van der Waals surface area (Å²) < 4.78 is 0. The quantitative estimate of drug-likeness (QED) is 0.564. The molecule has 0 radical (unpaired) electrons. The monoisotopic (exact) mass is 137 g/mol. The first-order valence-electron chi connectivity index (χ1n) is 3.14. The summed E-state index contributed by atoms with van der Waals surface area (Å²) in [6.45, 7) is 3.54. The minimum Gasteiger partial charge on any atom is -0.276 e. The third kappa shape index (κ3) is 2.05. The fraction of sp³-hybridized carbons (Fsp3) is 0.714. The van der Waals surface area contributed by atoms with Gasteiger partial charge in [-0.05, 0) is 20.9 Å². The van der Waals surface area contributed by atoms with Crippen molar-refractivity contribution in [3.8, 4) is 12.1 Å². The maximum atomic E-state index is 8.45. The van der Waals surface area contributed by atoms with Gasteiger partial charge in [0.15, 0.2) is 0 Å². The molecule has 0 heterocycles. The van der Waals surface area contributed by atoms with Gasteiger partial charge in [0.25, 0.3) is 0 Å². The third-order valence-electron chi connectivity index (χ3n) is 1.60. The van der Waals surface area contributed by atoms with Crippen LogP contribution in [0.1, 0.15) is 13.8 Å². The summed E-state index contributed by atoms with van der Waals surface area (Å²) in [5.41, 5.74) is 0. The van der Waals surface area contributed by atoms with E-state index in [1.54, 1.807) is 25.8 Å². The molecule has 10 heavy (non-hydrogen) atoms. The SMILES string of the molecule is CC(C#N)N(C)C(C)C#N. The average Bonchev–Trinajstić information content (AvgIpc) is 2.00. The lowest BCUT2D eigenvalue weighted by molar-refractivity contribution is 0.272. The molecule has 2 atom stereocenters. The van der Waals surface area contributed by atoms with Crippen LogP contribution in [0.15, 0.2) is 0 Å². The highest BCUT2D eigenvalue weighted by atomic mass is 15.1. The number of nitrogens with zero attached hydrogens (tertiary/aromatic N) is 3. The van der Waals surface area contributed by atoms with Crippen LogP contribution in [0.25, 0.3) is 0 Å². The van der Waals surface area contributed by atoms with E-state index in [1.165, 1.54) is 0 Å². The molecular formula is C7H11N3. The molecule has 0 fully saturated rings. The standard InChI is InChI=1S/C7H11N3/c1-6(4-8)10(3)7(2)5-9/h6-7H,1-3H3. The van der Waals surface area contributed by atoms with Crippen molar-refractivity contribution in [2.24, 2.45) is 0 Å². The van der Waals surface area contributed by atoms with E-state index < -0.39 is 0 Å². The predicted octanol–water partition coefficient (Wildman–Crippen LogP) is 0.742. The van der Waals surface area contributed by atoms with Gasteiger partial charge in [-0.1, -0.05) is 0 Å². The van der Waals surface area contributed by atoms with Crippen molar-refractivity contribution in [2.45, 2.75) is 25.9 Å². The first kappa shape index (κ1) is 8.94. The van der Waals surface area contributed by atoms with Gasteiger partial charge in [-0.25, -0.2) is 0 Å². The average molecular weight is 137 g/mol. The van der Waals surface area contributed by atoms with Crippen LogP contribution < -0.4 is 0 Å². The molecule has 0 aliphatic carbocycles. The molecule has 2 unspecified atom stereocenters. The number of nitriles is 2. The third-order valence-corrected chi connectivity index (χ3v) is 1.60. The van der Waals surface area contributed by atoms with E-state index in [4.69, 9.17) is 10.5 Å². The van der Waals surface area contributed by atoms with E-state index >= 15 is 0 Å². The Morgan fingerprint density at radius 2 is 1.40 bits per heavy atom. The lowest BCUT2D eigenvalue weighted by Gasteiger charge is -2.20. The predicted molar refractivity (Wildman–Crippen MR) is 37.9 cm³/mol. The Bertz CT molecular complexity index is 154. The molecule has 0 rings (SSSR count). The molecule has 0 bridgehead atoms. The molecule has 0 aromatic rings. The van der Waals surface area contributed by atoms with Crippen molar-refractivity contribution in [1.82, 2.24) is 4.90 Å². The van der Waals surface area contributed by atoms with E-state index in [0.717, 1.165) is 0 Å². The Morgan fingerprint density at radius 3 is 1.60 bits per heavy atom. The van der Waals surface area contributed by atoms with E-state index in [-0.39, 0.29) is 12.1 Å². The molecule has 0 aromatic heterocycles. The molecule has 0 aliphatic heterocycles. The van der Waals surface area contributed by atoms with Crippen LogP contribution in [0.4, 0.5) is 0 Å². The number of rotatable bonds is 2. The Labute approximate surface area is 61.5 Å². The second kappa shape index (κ2) is 3.87. The summed E-state index contributed by atoms with van der Waals surface area (Å²) in [6.07, 6.45) is 0. The van der Waals surface area contributed by atoms with Crippen molar-refractivity contribution in [3.63, 3.8) is 0 Å². The first-order chi connectivity index (χ1) is 4.63. The van der Waals surface area contributed by atoms with Crippen molar-refractivity contribution in [2.75, 3.05) is 7.05 Å². The zero-order valence-corrected chi connectivity index (χ0v) is 6.50. The summed E-state index contributed by atoms with van der Waals surface area (Å²) >= 11 is 0. The topological polar surface area (TPSA) is 50.8 Å². The minimum absolute atomic E-state index is 0.186. The normalized spacial score (nSPS) is 15.4. The summed E-state index contributed by atoms with van der Waals surface area (Å²) in [7, 11) is 1.77. The van der Waals surface area contributed by atoms with Crippen LogP contribution in [-0.4, -0.2) is 24.0 Å². The highest BCUT2D eigenvalue weighted by Gasteiger charge is 2.13. The molecule has 0 N–H and O–H groups in total. The molecule has 0 amide bonds. The van der Waals surface area contributed by atoms with E-state index in [9.17, 15) is 0 Å². The van der Waals surface area contributed by atoms with Crippen LogP contribution in [0, 0.1) is 22.7 Å². The summed E-state index contributed by atoms with van der Waals surface area (Å²) in [4.78, 5) is 1.72. The molecular weight excluding hydrogens is 126 g/mol. The van der Waals surface area contributed by atoms with Crippen LogP contribution in [0.3, 0.4) is 0 Å². The van der Waals surface area contributed by atoms with Crippen molar-refractivity contribution in [1.29, 1.82) is 10.5 Å². The molecule has 0 aromatic carbocycles. The largest absolute Gasteiger partial charge is 0.276 e. The molecule has 0 spiro atoms. The van der Waals surface area contributed by atoms with Gasteiger partial charge < -0.3 is 0 Å². The van der Waals surface area contributed by atoms with E-state index in [2.05, 4.69) is 12.1 Å². The maximum absolute atomic E-state index is 8.45. The lowest BCUT2D eigenvalue weighted by Crippen LogP contribution is -2.34. The Hall–Kier alpha value is -1.06. The van der Waals surface area contributed by atoms with Gasteiger partial charge in [0.05, 0.1) is 24.2 Å². The first-order valence-corrected chi connectivity index (χ1v) is 3.14. The Morgan fingerprint density at radius 1 is 1.10 bits per heavy atom. The van der Waals surface area contributed by atoms with Gasteiger partial charge in [0.2, 0.25) is 0 Å². The van der Waals surface area contributed by atoms with Crippen LogP contribution in [0.2, 0.25) is 0 Å². The van der Waals surface area contributed by atoms with Gasteiger partial charge in [-0.3, -0.25) is 4.90 Å². The van der Waals surface area contributed by atoms with Gasteiger partial charge in [-0.15, -0.1) is 0 Å². The molecule has 0 saturated carbocycles. The van der Waals surface area contributed by atoms with Gasteiger partial charge in [0.1, 0.15) is 0 Å². The van der Waals surface area contributed by atoms with E-state index in [0.29, 0.717) is 0 Å². The minimum atomic E-state index is -0.186. The fourth-order valence-corrected chi connectivity index (χ4v) is 0.518. The highest BCUT2D eigenvalue weighted by Crippen LogP contribution is 1.98.